The molecule has 1 aromatic rings. The predicted octanol–water partition coefficient (Wildman–Crippen LogP) is 1.32. The maximum atomic E-state index is 13.4. The smallest absolute Gasteiger partial charge is 0.326 e. The first-order chi connectivity index (χ1) is 17.1. The normalized spacial score (nSPS) is 19.4. The Morgan fingerprint density at radius 3 is 2.06 bits per heavy atom. The summed E-state index contributed by atoms with van der Waals surface area (Å²) in [6.07, 6.45) is 2.82. The van der Waals surface area contributed by atoms with Crippen molar-refractivity contribution in [1.29, 1.82) is 0 Å². The van der Waals surface area contributed by atoms with Crippen LogP contribution in [0.3, 0.4) is 0 Å². The summed E-state index contributed by atoms with van der Waals surface area (Å²) in [5, 5.41) is 30.4. The molecule has 0 saturated carbocycles. The van der Waals surface area contributed by atoms with Crippen molar-refractivity contribution in [1.82, 2.24) is 21.3 Å². The molecule has 0 aliphatic carbocycles. The Morgan fingerprint density at radius 2 is 1.53 bits per heavy atom. The standard InChI is InChI=1S/C26H40N4O6/c1-5-15(3)21(25(34)30-22(26(35)36)16(4)6-2)29-24(33)20(14-17-9-11-18(31)12-10-17)28-23(32)19-8-7-13-27-19/h9-12,15-16,19-22,27,31H,5-8,13-14H2,1-4H3,(H,28,32)(H,29,33)(H,30,34)(H,35,36). The summed E-state index contributed by atoms with van der Waals surface area (Å²) in [6, 6.07) is 2.93. The molecule has 1 aliphatic rings. The summed E-state index contributed by atoms with van der Waals surface area (Å²) < 4.78 is 0. The third kappa shape index (κ3) is 8.22. The minimum atomic E-state index is -1.13. The van der Waals surface area contributed by atoms with Crippen molar-refractivity contribution in [2.45, 2.75) is 84.0 Å². The molecule has 1 heterocycles. The van der Waals surface area contributed by atoms with Gasteiger partial charge in [-0.1, -0.05) is 52.7 Å². The van der Waals surface area contributed by atoms with E-state index in [2.05, 4.69) is 21.3 Å². The highest BCUT2D eigenvalue weighted by Gasteiger charge is 2.34. The summed E-state index contributed by atoms with van der Waals surface area (Å²) in [5.41, 5.74) is 0.722. The summed E-state index contributed by atoms with van der Waals surface area (Å²) in [7, 11) is 0. The molecule has 1 saturated heterocycles. The van der Waals surface area contributed by atoms with Crippen LogP contribution in [0.25, 0.3) is 0 Å². The lowest BCUT2D eigenvalue weighted by atomic mass is 9.94. The predicted molar refractivity (Wildman–Crippen MR) is 135 cm³/mol. The van der Waals surface area contributed by atoms with E-state index < -0.39 is 35.9 Å². The molecular weight excluding hydrogens is 464 g/mol. The number of aromatic hydroxyl groups is 1. The van der Waals surface area contributed by atoms with E-state index in [1.165, 1.54) is 12.1 Å². The number of hydrogen-bond donors (Lipinski definition) is 6. The number of benzene rings is 1. The Hall–Kier alpha value is -3.14. The van der Waals surface area contributed by atoms with Crippen LogP contribution in [0.4, 0.5) is 0 Å². The lowest BCUT2D eigenvalue weighted by Crippen LogP contribution is -2.59. The fourth-order valence-corrected chi connectivity index (χ4v) is 4.14. The van der Waals surface area contributed by atoms with Gasteiger partial charge in [0.1, 0.15) is 23.9 Å². The van der Waals surface area contributed by atoms with E-state index in [9.17, 15) is 29.4 Å². The Labute approximate surface area is 212 Å². The van der Waals surface area contributed by atoms with Crippen LogP contribution in [-0.2, 0) is 25.6 Å². The fraction of sp³-hybridized carbons (Fsp3) is 0.615. The minimum absolute atomic E-state index is 0.0849. The number of aliphatic carboxylic acids is 1. The lowest BCUT2D eigenvalue weighted by molar-refractivity contribution is -0.144. The molecular formula is C26H40N4O6. The summed E-state index contributed by atoms with van der Waals surface area (Å²) in [5.74, 6) is -3.02. The third-order valence-electron chi connectivity index (χ3n) is 6.96. The van der Waals surface area contributed by atoms with Gasteiger partial charge in [-0.15, -0.1) is 0 Å². The third-order valence-corrected chi connectivity index (χ3v) is 6.96. The summed E-state index contributed by atoms with van der Waals surface area (Å²) in [4.78, 5) is 51.1. The van der Waals surface area contributed by atoms with Crippen molar-refractivity contribution >= 4 is 23.7 Å². The van der Waals surface area contributed by atoms with Crippen molar-refractivity contribution in [3.63, 3.8) is 0 Å². The van der Waals surface area contributed by atoms with Crippen molar-refractivity contribution in [2.75, 3.05) is 6.54 Å². The van der Waals surface area contributed by atoms with Crippen LogP contribution >= 0.6 is 0 Å². The monoisotopic (exact) mass is 504 g/mol. The molecule has 200 valence electrons. The van der Waals surface area contributed by atoms with Crippen molar-refractivity contribution in [2.24, 2.45) is 11.8 Å². The molecule has 2 rings (SSSR count). The van der Waals surface area contributed by atoms with E-state index in [1.807, 2.05) is 13.8 Å². The maximum Gasteiger partial charge on any atom is 0.326 e. The minimum Gasteiger partial charge on any atom is -0.508 e. The van der Waals surface area contributed by atoms with E-state index in [1.54, 1.807) is 26.0 Å². The highest BCUT2D eigenvalue weighted by molar-refractivity contribution is 5.94. The number of carboxylic acid groups (broad SMARTS) is 1. The van der Waals surface area contributed by atoms with Crippen molar-refractivity contribution in [3.8, 4) is 5.75 Å². The largest absolute Gasteiger partial charge is 0.508 e. The van der Waals surface area contributed by atoms with E-state index in [0.717, 1.165) is 18.5 Å². The van der Waals surface area contributed by atoms with Crippen LogP contribution in [0.1, 0.15) is 58.9 Å². The van der Waals surface area contributed by atoms with Gasteiger partial charge in [-0.2, -0.15) is 0 Å². The molecule has 6 N–H and O–H groups in total. The molecule has 1 aliphatic heterocycles. The highest BCUT2D eigenvalue weighted by Crippen LogP contribution is 2.15. The molecule has 1 aromatic carbocycles. The van der Waals surface area contributed by atoms with Gasteiger partial charge in [-0.05, 0) is 48.9 Å². The van der Waals surface area contributed by atoms with Crippen LogP contribution in [0, 0.1) is 11.8 Å². The molecule has 0 aromatic heterocycles. The van der Waals surface area contributed by atoms with Gasteiger partial charge in [0, 0.05) is 6.42 Å². The molecule has 6 unspecified atom stereocenters. The first kappa shape index (κ1) is 29.1. The van der Waals surface area contributed by atoms with Gasteiger partial charge in [0.25, 0.3) is 0 Å². The summed E-state index contributed by atoms with van der Waals surface area (Å²) in [6.45, 7) is 8.00. The quantitative estimate of drug-likeness (QED) is 0.236. The number of carbonyl (C=O) groups excluding carboxylic acids is 3. The van der Waals surface area contributed by atoms with Gasteiger partial charge in [-0.3, -0.25) is 14.4 Å². The van der Waals surface area contributed by atoms with Crippen LogP contribution in [-0.4, -0.2) is 64.6 Å². The molecule has 10 nitrogen and oxygen atoms in total. The van der Waals surface area contributed by atoms with E-state index in [0.29, 0.717) is 19.3 Å². The van der Waals surface area contributed by atoms with Crippen LogP contribution in [0.2, 0.25) is 0 Å². The second-order valence-corrected chi connectivity index (χ2v) is 9.66. The van der Waals surface area contributed by atoms with Gasteiger partial charge in [0.05, 0.1) is 6.04 Å². The number of phenols is 1. The molecule has 0 radical (unpaired) electrons. The average molecular weight is 505 g/mol. The number of nitrogens with one attached hydrogen (secondary N) is 4. The zero-order valence-corrected chi connectivity index (χ0v) is 21.5. The first-order valence-electron chi connectivity index (χ1n) is 12.7. The highest BCUT2D eigenvalue weighted by atomic mass is 16.4. The SMILES string of the molecule is CCC(C)C(NC(=O)C(NC(=O)C(Cc1ccc(O)cc1)NC(=O)C1CCCN1)C(C)CC)C(=O)O. The number of carboxylic acids is 1. The van der Waals surface area contributed by atoms with Crippen molar-refractivity contribution in [3.05, 3.63) is 29.8 Å². The Morgan fingerprint density at radius 1 is 0.944 bits per heavy atom. The van der Waals surface area contributed by atoms with Gasteiger partial charge < -0.3 is 31.5 Å². The fourth-order valence-electron chi connectivity index (χ4n) is 4.14. The van der Waals surface area contributed by atoms with Gasteiger partial charge in [0.2, 0.25) is 17.7 Å². The van der Waals surface area contributed by atoms with E-state index >= 15 is 0 Å². The van der Waals surface area contributed by atoms with Gasteiger partial charge >= 0.3 is 5.97 Å². The molecule has 6 atom stereocenters. The zero-order chi connectivity index (χ0) is 26.8. The molecule has 10 heteroatoms. The lowest BCUT2D eigenvalue weighted by Gasteiger charge is -2.29. The number of hydrogen-bond acceptors (Lipinski definition) is 6. The molecule has 1 fully saturated rings. The van der Waals surface area contributed by atoms with E-state index in [4.69, 9.17) is 0 Å². The zero-order valence-electron chi connectivity index (χ0n) is 21.5. The molecule has 3 amide bonds. The topological polar surface area (TPSA) is 157 Å². The maximum absolute atomic E-state index is 13.4. The number of amides is 3. The van der Waals surface area contributed by atoms with Crippen LogP contribution in [0.5, 0.6) is 5.75 Å². The van der Waals surface area contributed by atoms with Crippen LogP contribution < -0.4 is 21.3 Å². The van der Waals surface area contributed by atoms with E-state index in [-0.39, 0.29) is 36.0 Å². The second kappa shape index (κ2) is 13.8. The molecule has 0 bridgehead atoms. The molecule has 0 spiro atoms. The van der Waals surface area contributed by atoms with Crippen LogP contribution in [0.15, 0.2) is 24.3 Å². The Balaban J connectivity index is 2.23. The number of rotatable bonds is 13. The summed E-state index contributed by atoms with van der Waals surface area (Å²) >= 11 is 0. The van der Waals surface area contributed by atoms with Gasteiger partial charge in [-0.25, -0.2) is 4.79 Å². The molecule has 36 heavy (non-hydrogen) atoms. The Bertz CT molecular complexity index is 900. The first-order valence-corrected chi connectivity index (χ1v) is 12.7. The van der Waals surface area contributed by atoms with Crippen molar-refractivity contribution < 1.29 is 29.4 Å². The second-order valence-electron chi connectivity index (χ2n) is 9.66. The number of phenolic OH excluding ortho intramolecular Hbond substituents is 1. The van der Waals surface area contributed by atoms with Gasteiger partial charge in [0.15, 0.2) is 0 Å². The average Bonchev–Trinajstić information content (AvgIpc) is 3.40. The Kier molecular flexibility index (Phi) is 11.2. The number of carbonyl (C=O) groups is 4.